The van der Waals surface area contributed by atoms with Crippen LogP contribution in [0.2, 0.25) is 0 Å². The number of aromatic nitrogens is 2. The van der Waals surface area contributed by atoms with Crippen molar-refractivity contribution in [3.05, 3.63) is 57.1 Å². The van der Waals surface area contributed by atoms with Crippen molar-refractivity contribution in [2.75, 3.05) is 0 Å². The van der Waals surface area contributed by atoms with E-state index < -0.39 is 0 Å². The molecule has 16 heavy (non-hydrogen) atoms. The minimum Gasteiger partial charge on any atom is -0.267 e. The Morgan fingerprint density at radius 2 is 1.50 bits per heavy atom. The maximum absolute atomic E-state index is 11.7. The number of H-pyrrole nitrogens is 2. The van der Waals surface area contributed by atoms with E-state index in [9.17, 15) is 9.59 Å². The molecule has 0 saturated carbocycles. The molecule has 0 aliphatic carbocycles. The lowest BCUT2D eigenvalue weighted by Gasteiger charge is -2.01. The Bertz CT molecular complexity index is 799. The highest BCUT2D eigenvalue weighted by atomic mass is 16.1. The van der Waals surface area contributed by atoms with Gasteiger partial charge in [0.2, 0.25) is 0 Å². The molecule has 4 heteroatoms. The molecule has 2 aromatic carbocycles. The summed E-state index contributed by atoms with van der Waals surface area (Å²) >= 11 is 0. The van der Waals surface area contributed by atoms with Gasteiger partial charge in [-0.15, -0.1) is 0 Å². The van der Waals surface area contributed by atoms with Crippen molar-refractivity contribution in [3.8, 4) is 0 Å². The molecule has 0 fully saturated rings. The molecule has 1 heterocycles. The average Bonchev–Trinajstić information content (AvgIpc) is 2.33. The van der Waals surface area contributed by atoms with Gasteiger partial charge in [-0.1, -0.05) is 30.3 Å². The summed E-state index contributed by atoms with van der Waals surface area (Å²) in [6, 6.07) is 11.0. The van der Waals surface area contributed by atoms with E-state index in [0.717, 1.165) is 10.8 Å². The molecule has 3 aromatic rings. The SMILES string of the molecule is O=c1[nH][nH]c(=O)c2c1ccc1ccccc12. The fraction of sp³-hybridized carbons (Fsp3) is 0. The fourth-order valence-electron chi connectivity index (χ4n) is 1.95. The molecular formula is C12H8N2O2. The predicted octanol–water partition coefficient (Wildman–Crippen LogP) is 1.37. The molecule has 0 aliphatic heterocycles. The Kier molecular flexibility index (Phi) is 1.71. The molecule has 0 bridgehead atoms. The van der Waals surface area contributed by atoms with Crippen molar-refractivity contribution >= 4 is 21.5 Å². The van der Waals surface area contributed by atoms with Gasteiger partial charge in [0.25, 0.3) is 11.1 Å². The van der Waals surface area contributed by atoms with Crippen LogP contribution in [0.25, 0.3) is 21.5 Å². The molecule has 78 valence electrons. The van der Waals surface area contributed by atoms with Crippen LogP contribution in [0, 0.1) is 0 Å². The van der Waals surface area contributed by atoms with Gasteiger partial charge in [0.05, 0.1) is 10.8 Å². The summed E-state index contributed by atoms with van der Waals surface area (Å²) < 4.78 is 0. The second-order valence-electron chi connectivity index (χ2n) is 3.62. The maximum atomic E-state index is 11.7. The van der Waals surface area contributed by atoms with E-state index in [1.54, 1.807) is 6.07 Å². The van der Waals surface area contributed by atoms with E-state index in [1.807, 2.05) is 30.3 Å². The first kappa shape index (κ1) is 8.91. The lowest BCUT2D eigenvalue weighted by Crippen LogP contribution is -2.18. The molecule has 0 aliphatic rings. The van der Waals surface area contributed by atoms with Crippen molar-refractivity contribution in [3.63, 3.8) is 0 Å². The lowest BCUT2D eigenvalue weighted by atomic mass is 10.0. The third-order valence-corrected chi connectivity index (χ3v) is 2.69. The van der Waals surface area contributed by atoms with Gasteiger partial charge in [-0.25, -0.2) is 0 Å². The van der Waals surface area contributed by atoms with Gasteiger partial charge in [0, 0.05) is 0 Å². The highest BCUT2D eigenvalue weighted by molar-refractivity contribution is 6.06. The number of hydrogen-bond donors (Lipinski definition) is 2. The van der Waals surface area contributed by atoms with Gasteiger partial charge >= 0.3 is 0 Å². The van der Waals surface area contributed by atoms with Crippen LogP contribution in [0.4, 0.5) is 0 Å². The minimum atomic E-state index is -0.277. The number of hydrogen-bond acceptors (Lipinski definition) is 2. The summed E-state index contributed by atoms with van der Waals surface area (Å²) in [5, 5.41) is 7.27. The fourth-order valence-corrected chi connectivity index (χ4v) is 1.95. The Morgan fingerprint density at radius 1 is 0.750 bits per heavy atom. The van der Waals surface area contributed by atoms with Crippen molar-refractivity contribution in [1.29, 1.82) is 0 Å². The number of rotatable bonds is 0. The molecule has 3 rings (SSSR count). The Balaban J connectivity index is 2.76. The highest BCUT2D eigenvalue weighted by Gasteiger charge is 2.06. The van der Waals surface area contributed by atoms with Gasteiger partial charge in [0.1, 0.15) is 0 Å². The largest absolute Gasteiger partial charge is 0.271 e. The maximum Gasteiger partial charge on any atom is 0.271 e. The molecular weight excluding hydrogens is 204 g/mol. The van der Waals surface area contributed by atoms with Crippen LogP contribution < -0.4 is 11.1 Å². The number of nitrogens with one attached hydrogen (secondary N) is 2. The van der Waals surface area contributed by atoms with E-state index in [0.29, 0.717) is 10.8 Å². The molecule has 4 nitrogen and oxygen atoms in total. The molecule has 0 spiro atoms. The van der Waals surface area contributed by atoms with Gasteiger partial charge in [-0.2, -0.15) is 0 Å². The monoisotopic (exact) mass is 212 g/mol. The van der Waals surface area contributed by atoms with E-state index in [-0.39, 0.29) is 11.1 Å². The predicted molar refractivity (Wildman–Crippen MR) is 62.7 cm³/mol. The smallest absolute Gasteiger partial charge is 0.267 e. The minimum absolute atomic E-state index is 0.272. The summed E-state index contributed by atoms with van der Waals surface area (Å²) in [7, 11) is 0. The van der Waals surface area contributed by atoms with Gasteiger partial charge in [-0.3, -0.25) is 19.8 Å². The molecule has 0 amide bonds. The summed E-state index contributed by atoms with van der Waals surface area (Å²) in [6.45, 7) is 0. The molecule has 1 aromatic heterocycles. The first-order chi connectivity index (χ1) is 7.77. The zero-order valence-corrected chi connectivity index (χ0v) is 8.28. The third-order valence-electron chi connectivity index (χ3n) is 2.69. The van der Waals surface area contributed by atoms with Gasteiger partial charge in [-0.05, 0) is 16.8 Å². The third kappa shape index (κ3) is 1.10. The van der Waals surface area contributed by atoms with Gasteiger partial charge in [0.15, 0.2) is 0 Å². The standard InChI is InChI=1S/C12H8N2O2/c15-11-9-6-5-7-3-1-2-4-8(7)10(9)12(16)14-13-11/h1-6H,(H,13,15)(H,14,16). The van der Waals surface area contributed by atoms with Crippen molar-refractivity contribution in [2.45, 2.75) is 0 Å². The summed E-state index contributed by atoms with van der Waals surface area (Å²) in [5.41, 5.74) is -0.549. The first-order valence-electron chi connectivity index (χ1n) is 4.90. The quantitative estimate of drug-likeness (QED) is 0.553. The summed E-state index contributed by atoms with van der Waals surface area (Å²) in [6.07, 6.45) is 0. The van der Waals surface area contributed by atoms with Crippen molar-refractivity contribution in [2.24, 2.45) is 0 Å². The molecule has 0 unspecified atom stereocenters. The van der Waals surface area contributed by atoms with Crippen LogP contribution in [0.5, 0.6) is 0 Å². The number of benzene rings is 2. The van der Waals surface area contributed by atoms with E-state index >= 15 is 0 Å². The molecule has 0 atom stereocenters. The van der Waals surface area contributed by atoms with E-state index in [4.69, 9.17) is 0 Å². The molecule has 0 radical (unpaired) electrons. The highest BCUT2D eigenvalue weighted by Crippen LogP contribution is 2.19. The Morgan fingerprint density at radius 3 is 2.38 bits per heavy atom. The number of aromatic amines is 2. The Labute approximate surface area is 89.5 Å². The Hall–Kier alpha value is -2.36. The molecule has 2 N–H and O–H groups in total. The normalized spacial score (nSPS) is 11.0. The second kappa shape index (κ2) is 3.06. The lowest BCUT2D eigenvalue weighted by molar-refractivity contribution is 0.978. The van der Waals surface area contributed by atoms with Crippen LogP contribution in [-0.2, 0) is 0 Å². The van der Waals surface area contributed by atoms with Gasteiger partial charge < -0.3 is 0 Å². The van der Waals surface area contributed by atoms with E-state index in [2.05, 4.69) is 10.2 Å². The molecule has 0 saturated heterocycles. The average molecular weight is 212 g/mol. The topological polar surface area (TPSA) is 65.7 Å². The van der Waals surface area contributed by atoms with Crippen LogP contribution in [0.1, 0.15) is 0 Å². The van der Waals surface area contributed by atoms with Crippen LogP contribution in [0.3, 0.4) is 0 Å². The van der Waals surface area contributed by atoms with Crippen molar-refractivity contribution < 1.29 is 0 Å². The summed E-state index contributed by atoms with van der Waals surface area (Å²) in [5.74, 6) is 0. The zero-order chi connectivity index (χ0) is 11.1. The van der Waals surface area contributed by atoms with Crippen molar-refractivity contribution in [1.82, 2.24) is 10.2 Å². The summed E-state index contributed by atoms with van der Waals surface area (Å²) in [4.78, 5) is 23.3. The van der Waals surface area contributed by atoms with Crippen LogP contribution in [0.15, 0.2) is 46.0 Å². The van der Waals surface area contributed by atoms with Crippen LogP contribution in [-0.4, -0.2) is 10.2 Å². The first-order valence-corrected chi connectivity index (χ1v) is 4.90. The second-order valence-corrected chi connectivity index (χ2v) is 3.62. The van der Waals surface area contributed by atoms with E-state index in [1.165, 1.54) is 0 Å². The van der Waals surface area contributed by atoms with Crippen LogP contribution >= 0.6 is 0 Å². The zero-order valence-electron chi connectivity index (χ0n) is 8.28. The number of fused-ring (bicyclic) bond motifs is 3.